The van der Waals surface area contributed by atoms with Crippen LogP contribution in [0, 0.1) is 6.92 Å². The van der Waals surface area contributed by atoms with Gasteiger partial charge in [-0.05, 0) is 33.6 Å². The van der Waals surface area contributed by atoms with Gasteiger partial charge in [0, 0.05) is 18.3 Å². The summed E-state index contributed by atoms with van der Waals surface area (Å²) in [4.78, 5) is 36.9. The number of unbranched alkanes of at least 4 members (excludes halogenated alkanes) is 8. The maximum absolute atomic E-state index is 11.7. The van der Waals surface area contributed by atoms with E-state index in [0.717, 1.165) is 32.1 Å². The van der Waals surface area contributed by atoms with Crippen LogP contribution in [0.5, 0.6) is 0 Å². The van der Waals surface area contributed by atoms with Crippen LogP contribution < -0.4 is 11.2 Å². The number of hydrogen-bond donors (Lipinski definition) is 1. The van der Waals surface area contributed by atoms with Crippen molar-refractivity contribution in [2.45, 2.75) is 89.4 Å². The van der Waals surface area contributed by atoms with Crippen LogP contribution in [0.2, 0.25) is 0 Å². The molecule has 6 nitrogen and oxygen atoms in total. The molecule has 154 valence electrons. The van der Waals surface area contributed by atoms with Gasteiger partial charge in [0.15, 0.2) is 0 Å². The zero-order chi connectivity index (χ0) is 20.3. The lowest BCUT2D eigenvalue weighted by Gasteiger charge is -2.14. The molecule has 0 spiro atoms. The SMILES string of the molecule is Cc1cn(CCCCCCCCCCCOC(=O)C(C)(C)Br)c(=O)[nH]c1=O. The third-order valence-corrected chi connectivity index (χ3v) is 4.77. The summed E-state index contributed by atoms with van der Waals surface area (Å²) < 4.78 is 6.19. The van der Waals surface area contributed by atoms with Gasteiger partial charge < -0.3 is 9.30 Å². The summed E-state index contributed by atoms with van der Waals surface area (Å²) in [6.07, 6.45) is 11.6. The van der Waals surface area contributed by atoms with Gasteiger partial charge in [0.25, 0.3) is 5.56 Å². The zero-order valence-corrected chi connectivity index (χ0v) is 18.4. The minimum absolute atomic E-state index is 0.207. The zero-order valence-electron chi connectivity index (χ0n) is 16.8. The maximum atomic E-state index is 11.7. The van der Waals surface area contributed by atoms with E-state index in [9.17, 15) is 14.4 Å². The molecule has 0 radical (unpaired) electrons. The second-order valence-corrected chi connectivity index (χ2v) is 9.54. The predicted molar refractivity (Wildman–Crippen MR) is 112 cm³/mol. The number of aryl methyl sites for hydroxylation is 2. The van der Waals surface area contributed by atoms with E-state index in [1.165, 1.54) is 25.7 Å². The van der Waals surface area contributed by atoms with E-state index in [1.54, 1.807) is 31.5 Å². The molecule has 0 bridgehead atoms. The average molecular weight is 445 g/mol. The third kappa shape index (κ3) is 9.94. The van der Waals surface area contributed by atoms with Crippen LogP contribution in [0.1, 0.15) is 77.2 Å². The Hall–Kier alpha value is -1.37. The van der Waals surface area contributed by atoms with Crippen LogP contribution in [-0.2, 0) is 16.1 Å². The number of halogens is 1. The lowest BCUT2D eigenvalue weighted by atomic mass is 10.1. The topological polar surface area (TPSA) is 81.2 Å². The number of ether oxygens (including phenoxy) is 1. The highest BCUT2D eigenvalue weighted by Gasteiger charge is 2.24. The number of alkyl halides is 1. The van der Waals surface area contributed by atoms with E-state index in [4.69, 9.17) is 4.74 Å². The van der Waals surface area contributed by atoms with Crippen molar-refractivity contribution in [3.8, 4) is 0 Å². The highest BCUT2D eigenvalue weighted by Crippen LogP contribution is 2.17. The molecule has 1 aromatic rings. The number of aromatic amines is 1. The minimum atomic E-state index is -0.600. The number of rotatable bonds is 13. The van der Waals surface area contributed by atoms with Crippen molar-refractivity contribution < 1.29 is 9.53 Å². The Morgan fingerprint density at radius 2 is 1.56 bits per heavy atom. The number of carbonyl (C=O) groups excluding carboxylic acids is 1. The van der Waals surface area contributed by atoms with E-state index in [1.807, 2.05) is 0 Å². The number of esters is 1. The van der Waals surface area contributed by atoms with Gasteiger partial charge in [-0.15, -0.1) is 0 Å². The van der Waals surface area contributed by atoms with Crippen molar-refractivity contribution >= 4 is 21.9 Å². The molecule has 0 fully saturated rings. The molecule has 1 N–H and O–H groups in total. The number of hydrogen-bond acceptors (Lipinski definition) is 4. The first-order valence-corrected chi connectivity index (χ1v) is 10.7. The first kappa shape index (κ1) is 23.7. The predicted octanol–water partition coefficient (Wildman–Crippen LogP) is 4.07. The first-order chi connectivity index (χ1) is 12.7. The Morgan fingerprint density at radius 3 is 2.11 bits per heavy atom. The van der Waals surface area contributed by atoms with E-state index in [0.29, 0.717) is 18.7 Å². The Bertz CT molecular complexity index is 688. The van der Waals surface area contributed by atoms with Gasteiger partial charge in [0.1, 0.15) is 4.32 Å². The molecule has 0 saturated heterocycles. The van der Waals surface area contributed by atoms with Crippen molar-refractivity contribution in [1.82, 2.24) is 9.55 Å². The van der Waals surface area contributed by atoms with Gasteiger partial charge in [0.2, 0.25) is 0 Å². The highest BCUT2D eigenvalue weighted by molar-refractivity contribution is 9.10. The molecule has 0 aliphatic rings. The Labute approximate surface area is 169 Å². The lowest BCUT2D eigenvalue weighted by Crippen LogP contribution is -2.30. The fourth-order valence-electron chi connectivity index (χ4n) is 2.74. The molecule has 0 saturated carbocycles. The van der Waals surface area contributed by atoms with Crippen LogP contribution in [0.3, 0.4) is 0 Å². The van der Waals surface area contributed by atoms with Crippen molar-refractivity contribution in [1.29, 1.82) is 0 Å². The summed E-state index contributed by atoms with van der Waals surface area (Å²) in [7, 11) is 0. The lowest BCUT2D eigenvalue weighted by molar-refractivity contribution is -0.145. The quantitative estimate of drug-likeness (QED) is 0.282. The summed E-state index contributed by atoms with van der Waals surface area (Å²) in [6.45, 7) is 6.43. The molecular weight excluding hydrogens is 412 g/mol. The number of nitrogens with zero attached hydrogens (tertiary/aromatic N) is 1. The van der Waals surface area contributed by atoms with Crippen LogP contribution >= 0.6 is 15.9 Å². The average Bonchev–Trinajstić information content (AvgIpc) is 2.59. The molecule has 0 aromatic carbocycles. The van der Waals surface area contributed by atoms with Gasteiger partial charge >= 0.3 is 11.7 Å². The van der Waals surface area contributed by atoms with Crippen LogP contribution in [-0.4, -0.2) is 26.5 Å². The van der Waals surface area contributed by atoms with Gasteiger partial charge in [-0.2, -0.15) is 0 Å². The fourth-order valence-corrected chi connectivity index (χ4v) is 2.86. The Morgan fingerprint density at radius 1 is 1.04 bits per heavy atom. The molecule has 7 heteroatoms. The van der Waals surface area contributed by atoms with E-state index < -0.39 is 4.32 Å². The van der Waals surface area contributed by atoms with Crippen LogP contribution in [0.4, 0.5) is 0 Å². The molecule has 1 aromatic heterocycles. The smallest absolute Gasteiger partial charge is 0.328 e. The molecule has 0 amide bonds. The van der Waals surface area contributed by atoms with E-state index >= 15 is 0 Å². The monoisotopic (exact) mass is 444 g/mol. The van der Waals surface area contributed by atoms with Crippen LogP contribution in [0.25, 0.3) is 0 Å². The molecule has 27 heavy (non-hydrogen) atoms. The number of nitrogens with one attached hydrogen (secondary N) is 1. The van der Waals surface area contributed by atoms with Gasteiger partial charge in [-0.3, -0.25) is 14.6 Å². The summed E-state index contributed by atoms with van der Waals surface area (Å²) in [5.41, 5.74) is -0.0578. The molecule has 0 aliphatic heterocycles. The first-order valence-electron chi connectivity index (χ1n) is 9.88. The standard InChI is InChI=1S/C20H33BrN2O4/c1-16-15-23(19(26)22-17(16)24)13-11-9-7-5-4-6-8-10-12-14-27-18(25)20(2,3)21/h15H,4-14H2,1-3H3,(H,22,24,26). The molecule has 1 rings (SSSR count). The van der Waals surface area contributed by atoms with Gasteiger partial charge in [-0.1, -0.05) is 60.9 Å². The second kappa shape index (κ2) is 12.2. The third-order valence-electron chi connectivity index (χ3n) is 4.45. The summed E-state index contributed by atoms with van der Waals surface area (Å²) in [5, 5.41) is 0. The number of carbonyl (C=O) groups is 1. The summed E-state index contributed by atoms with van der Waals surface area (Å²) >= 11 is 3.29. The number of aromatic nitrogens is 2. The fraction of sp³-hybridized carbons (Fsp3) is 0.750. The second-order valence-electron chi connectivity index (χ2n) is 7.56. The van der Waals surface area contributed by atoms with Crippen LogP contribution in [0.15, 0.2) is 15.8 Å². The van der Waals surface area contributed by atoms with Gasteiger partial charge in [-0.25, -0.2) is 4.79 Å². The molecule has 0 aliphatic carbocycles. The van der Waals surface area contributed by atoms with E-state index in [-0.39, 0.29) is 17.2 Å². The van der Waals surface area contributed by atoms with Crippen molar-refractivity contribution in [3.05, 3.63) is 32.6 Å². The molecule has 1 heterocycles. The van der Waals surface area contributed by atoms with Gasteiger partial charge in [0.05, 0.1) is 6.61 Å². The van der Waals surface area contributed by atoms with E-state index in [2.05, 4.69) is 20.9 Å². The Balaban J connectivity index is 1.97. The minimum Gasteiger partial charge on any atom is -0.465 e. The summed E-state index contributed by atoms with van der Waals surface area (Å²) in [6, 6.07) is 0. The molecule has 0 unspecified atom stereocenters. The molecule has 0 atom stereocenters. The number of H-pyrrole nitrogens is 1. The van der Waals surface area contributed by atoms with Crippen molar-refractivity contribution in [3.63, 3.8) is 0 Å². The largest absolute Gasteiger partial charge is 0.465 e. The maximum Gasteiger partial charge on any atom is 0.328 e. The molecular formula is C20H33BrN2O4. The summed E-state index contributed by atoms with van der Waals surface area (Å²) in [5.74, 6) is -0.207. The Kier molecular flexibility index (Phi) is 10.7. The van der Waals surface area contributed by atoms with Crippen molar-refractivity contribution in [2.24, 2.45) is 0 Å². The van der Waals surface area contributed by atoms with Crippen molar-refractivity contribution in [2.75, 3.05) is 6.61 Å². The highest BCUT2D eigenvalue weighted by atomic mass is 79.9. The normalized spacial score (nSPS) is 11.6.